The highest BCUT2D eigenvalue weighted by molar-refractivity contribution is 5.80. The van der Waals surface area contributed by atoms with Crippen LogP contribution in [0.4, 0.5) is 0 Å². The molecule has 1 amide bonds. The number of nitrogens with zero attached hydrogens (tertiary/aromatic N) is 3. The van der Waals surface area contributed by atoms with Gasteiger partial charge >= 0.3 is 11.1 Å². The van der Waals surface area contributed by atoms with Crippen molar-refractivity contribution in [2.75, 3.05) is 0 Å². The Kier molecular flexibility index (Phi) is 4.70. The van der Waals surface area contributed by atoms with Crippen LogP contribution in [0.2, 0.25) is 0 Å². The number of H-pyrrole nitrogens is 1. The molecule has 0 bridgehead atoms. The molecule has 0 spiro atoms. The third-order valence-electron chi connectivity index (χ3n) is 3.74. The Hall–Kier alpha value is -3.23. The fourth-order valence-electron chi connectivity index (χ4n) is 2.61. The third kappa shape index (κ3) is 3.56. The molecule has 2 aromatic heterocycles. The molecule has 136 valence electrons. The van der Waals surface area contributed by atoms with Crippen molar-refractivity contribution < 1.29 is 9.32 Å². The lowest BCUT2D eigenvalue weighted by molar-refractivity contribution is -0.119. The second-order valence-corrected chi connectivity index (χ2v) is 6.42. The molecule has 9 nitrogen and oxygen atoms in total. The van der Waals surface area contributed by atoms with Gasteiger partial charge < -0.3 is 19.4 Å². The maximum absolute atomic E-state index is 12.1. The third-order valence-corrected chi connectivity index (χ3v) is 3.74. The smallest absolute Gasteiger partial charge is 0.316 e. The van der Waals surface area contributed by atoms with Crippen LogP contribution in [-0.2, 0) is 17.9 Å². The van der Waals surface area contributed by atoms with Gasteiger partial charge in [-0.15, -0.1) is 0 Å². The molecule has 3 aromatic rings. The number of benzene rings is 1. The maximum atomic E-state index is 12.1. The van der Waals surface area contributed by atoms with Gasteiger partial charge in [0.15, 0.2) is 0 Å². The number of aromatic amines is 1. The number of carbonyl (C=O) groups excluding carboxylic acids is 1. The number of nitrogens with one attached hydrogen (secondary N) is 2. The Morgan fingerprint density at radius 2 is 2.12 bits per heavy atom. The lowest BCUT2D eigenvalue weighted by Crippen LogP contribution is -2.37. The zero-order valence-corrected chi connectivity index (χ0v) is 14.7. The van der Waals surface area contributed by atoms with Gasteiger partial charge in [-0.2, -0.15) is 4.98 Å². The largest absolute Gasteiger partial charge is 0.347 e. The van der Waals surface area contributed by atoms with Crippen LogP contribution >= 0.6 is 0 Å². The van der Waals surface area contributed by atoms with Gasteiger partial charge in [0.2, 0.25) is 17.6 Å². The molecule has 0 radical (unpaired) electrons. The molecule has 0 aliphatic heterocycles. The predicted octanol–water partition coefficient (Wildman–Crippen LogP) is 1.03. The summed E-state index contributed by atoms with van der Waals surface area (Å²) in [6.45, 7) is 5.93. The Labute approximate surface area is 148 Å². The summed E-state index contributed by atoms with van der Waals surface area (Å²) in [4.78, 5) is 41.9. The van der Waals surface area contributed by atoms with Crippen LogP contribution in [0, 0.1) is 5.92 Å². The molecule has 0 aliphatic rings. The molecule has 26 heavy (non-hydrogen) atoms. The first-order chi connectivity index (χ1) is 12.3. The molecule has 0 saturated carbocycles. The second kappa shape index (κ2) is 6.95. The van der Waals surface area contributed by atoms with Crippen molar-refractivity contribution >= 4 is 16.9 Å². The summed E-state index contributed by atoms with van der Waals surface area (Å²) in [7, 11) is 0. The van der Waals surface area contributed by atoms with Crippen LogP contribution in [0.3, 0.4) is 0 Å². The van der Waals surface area contributed by atoms with Crippen molar-refractivity contribution in [1.29, 1.82) is 0 Å². The number of rotatable bonds is 5. The summed E-state index contributed by atoms with van der Waals surface area (Å²) >= 11 is 0. The van der Waals surface area contributed by atoms with Crippen molar-refractivity contribution in [3.8, 4) is 11.4 Å². The predicted molar refractivity (Wildman–Crippen MR) is 94.5 cm³/mol. The fourth-order valence-corrected chi connectivity index (χ4v) is 2.61. The molecule has 0 fully saturated rings. The summed E-state index contributed by atoms with van der Waals surface area (Å²) in [5.74, 6) is 0.616. The van der Waals surface area contributed by atoms with Gasteiger partial charge in [0.05, 0.1) is 17.6 Å². The first kappa shape index (κ1) is 17.6. The molecular formula is C17H19N5O4. The molecule has 0 atom stereocenters. The minimum absolute atomic E-state index is 0.140. The van der Waals surface area contributed by atoms with Crippen LogP contribution in [0.5, 0.6) is 0 Å². The average Bonchev–Trinajstić information content (AvgIpc) is 3.05. The second-order valence-electron chi connectivity index (χ2n) is 6.42. The summed E-state index contributed by atoms with van der Waals surface area (Å²) in [6, 6.07) is 5.19. The Morgan fingerprint density at radius 1 is 1.35 bits per heavy atom. The highest BCUT2D eigenvalue weighted by Gasteiger charge is 2.13. The minimum atomic E-state index is -0.672. The highest BCUT2D eigenvalue weighted by atomic mass is 16.5. The van der Waals surface area contributed by atoms with E-state index in [1.807, 2.05) is 13.8 Å². The van der Waals surface area contributed by atoms with Gasteiger partial charge in [-0.05, 0) is 24.1 Å². The number of aromatic nitrogens is 4. The lowest BCUT2D eigenvalue weighted by Gasteiger charge is -2.12. The van der Waals surface area contributed by atoms with Crippen molar-refractivity contribution in [2.24, 2.45) is 5.92 Å². The van der Waals surface area contributed by atoms with Gasteiger partial charge in [0.1, 0.15) is 0 Å². The van der Waals surface area contributed by atoms with Crippen molar-refractivity contribution in [3.63, 3.8) is 0 Å². The monoisotopic (exact) mass is 357 g/mol. The quantitative estimate of drug-likeness (QED) is 0.658. The first-order valence-corrected chi connectivity index (χ1v) is 8.19. The fraction of sp³-hybridized carbons (Fsp3) is 0.353. The van der Waals surface area contributed by atoms with Gasteiger partial charge in [0.25, 0.3) is 0 Å². The van der Waals surface area contributed by atoms with E-state index in [1.54, 1.807) is 18.2 Å². The highest BCUT2D eigenvalue weighted by Crippen LogP contribution is 2.20. The molecule has 2 heterocycles. The van der Waals surface area contributed by atoms with Crippen LogP contribution < -0.4 is 16.4 Å². The van der Waals surface area contributed by atoms with Crippen LogP contribution in [0.15, 0.2) is 32.3 Å². The van der Waals surface area contributed by atoms with Crippen LogP contribution in [0.1, 0.15) is 26.7 Å². The van der Waals surface area contributed by atoms with Gasteiger partial charge in [0, 0.05) is 19.0 Å². The zero-order valence-electron chi connectivity index (χ0n) is 14.7. The number of hydrogen-bond donors (Lipinski definition) is 2. The summed E-state index contributed by atoms with van der Waals surface area (Å²) < 4.78 is 6.57. The van der Waals surface area contributed by atoms with E-state index in [-0.39, 0.29) is 24.3 Å². The minimum Gasteiger partial charge on any atom is -0.347 e. The van der Waals surface area contributed by atoms with Gasteiger partial charge in [-0.1, -0.05) is 19.0 Å². The van der Waals surface area contributed by atoms with E-state index in [1.165, 1.54) is 11.5 Å². The topological polar surface area (TPSA) is 123 Å². The summed E-state index contributed by atoms with van der Waals surface area (Å²) in [5.41, 5.74) is 0.529. The van der Waals surface area contributed by atoms with Gasteiger partial charge in [-0.3, -0.25) is 14.4 Å². The van der Waals surface area contributed by atoms with E-state index in [0.717, 1.165) is 0 Å². The van der Waals surface area contributed by atoms with Crippen LogP contribution in [0.25, 0.3) is 22.4 Å². The first-order valence-electron chi connectivity index (χ1n) is 8.19. The lowest BCUT2D eigenvalue weighted by atomic mass is 10.1. The molecule has 1 aromatic carbocycles. The summed E-state index contributed by atoms with van der Waals surface area (Å²) in [6.07, 6.45) is 0. The number of fused-ring (bicyclic) bond motifs is 1. The van der Waals surface area contributed by atoms with Crippen molar-refractivity contribution in [2.45, 2.75) is 33.9 Å². The van der Waals surface area contributed by atoms with E-state index < -0.39 is 11.1 Å². The number of carbonyl (C=O) groups is 1. The van der Waals surface area contributed by atoms with E-state index in [0.29, 0.717) is 29.0 Å². The normalized spacial score (nSPS) is 11.2. The molecule has 0 aliphatic carbocycles. The standard InChI is InChI=1S/C17H19N5O4/c1-9(2)8-22-13-5-4-11(6-12(13)19-16(24)17(22)25)15-20-14(26-21-15)7-18-10(3)23/h4-6,9H,7-8H2,1-3H3,(H,18,23)(H,19,24). The van der Waals surface area contributed by atoms with Crippen molar-refractivity contribution in [1.82, 2.24) is 25.0 Å². The van der Waals surface area contributed by atoms with E-state index >= 15 is 0 Å². The van der Waals surface area contributed by atoms with Gasteiger partial charge in [-0.25, -0.2) is 0 Å². The van der Waals surface area contributed by atoms with E-state index in [9.17, 15) is 14.4 Å². The number of amides is 1. The average molecular weight is 357 g/mol. The van der Waals surface area contributed by atoms with Crippen molar-refractivity contribution in [3.05, 3.63) is 44.8 Å². The maximum Gasteiger partial charge on any atom is 0.316 e. The van der Waals surface area contributed by atoms with Crippen LogP contribution in [-0.4, -0.2) is 25.6 Å². The Morgan fingerprint density at radius 3 is 2.81 bits per heavy atom. The Balaban J connectivity index is 2.02. The molecular weight excluding hydrogens is 338 g/mol. The van der Waals surface area contributed by atoms with E-state index in [4.69, 9.17) is 4.52 Å². The molecule has 0 saturated heterocycles. The zero-order chi connectivity index (χ0) is 18.8. The van der Waals surface area contributed by atoms with E-state index in [2.05, 4.69) is 20.4 Å². The summed E-state index contributed by atoms with van der Waals surface area (Å²) in [5, 5.41) is 6.46. The Bertz CT molecular complexity index is 1080. The molecule has 2 N–H and O–H groups in total. The molecule has 3 rings (SSSR count). The number of hydrogen-bond acceptors (Lipinski definition) is 6. The molecule has 9 heteroatoms. The molecule has 0 unspecified atom stereocenters. The SMILES string of the molecule is CC(=O)NCc1nc(-c2ccc3c(c2)[nH]c(=O)c(=O)n3CC(C)C)no1.